The van der Waals surface area contributed by atoms with Gasteiger partial charge in [0.2, 0.25) is 0 Å². The summed E-state index contributed by atoms with van der Waals surface area (Å²) in [6.07, 6.45) is 2.61. The van der Waals surface area contributed by atoms with Crippen LogP contribution in [0.5, 0.6) is 0 Å². The number of ether oxygens (including phenoxy) is 1. The molecule has 5 rings (SSSR count). The summed E-state index contributed by atoms with van der Waals surface area (Å²) < 4.78 is 19.4. The van der Waals surface area contributed by atoms with Crippen LogP contribution in [-0.4, -0.2) is 48.5 Å². The zero-order chi connectivity index (χ0) is 19.1. The number of rotatable bonds is 2. The maximum Gasteiger partial charge on any atom is 0.252 e. The van der Waals surface area contributed by atoms with E-state index in [1.54, 1.807) is 18.5 Å². The third-order valence-corrected chi connectivity index (χ3v) is 5.98. The molecule has 1 amide bonds. The Kier molecular flexibility index (Phi) is 4.36. The van der Waals surface area contributed by atoms with Gasteiger partial charge in [-0.05, 0) is 35.2 Å². The molecule has 28 heavy (non-hydrogen) atoms. The Hall–Kier alpha value is -2.73. The molecule has 2 aromatic carbocycles. The fraction of sp³-hybridized carbons (Fsp3) is 0.364. The summed E-state index contributed by atoms with van der Waals surface area (Å²) in [4.78, 5) is 19.8. The molecule has 3 aliphatic heterocycles. The summed E-state index contributed by atoms with van der Waals surface area (Å²) in [5.41, 5.74) is 3.24. The second-order valence-electron chi connectivity index (χ2n) is 7.61. The fourth-order valence-electron chi connectivity index (χ4n) is 4.51. The number of nitrogens with one attached hydrogen (secondary N) is 1. The fourth-order valence-corrected chi connectivity index (χ4v) is 4.51. The van der Waals surface area contributed by atoms with Crippen LogP contribution in [0.2, 0.25) is 0 Å². The first kappa shape index (κ1) is 17.4. The molecule has 4 atom stereocenters. The minimum absolute atomic E-state index is 0.00984. The number of fused-ring (bicyclic) bond motifs is 2. The number of amides is 1. The van der Waals surface area contributed by atoms with Gasteiger partial charge in [-0.3, -0.25) is 9.79 Å². The van der Waals surface area contributed by atoms with Gasteiger partial charge in [0.1, 0.15) is 11.9 Å². The lowest BCUT2D eigenvalue weighted by Crippen LogP contribution is -2.52. The third kappa shape index (κ3) is 2.98. The second kappa shape index (κ2) is 7.02. The van der Waals surface area contributed by atoms with Crippen LogP contribution in [0.1, 0.15) is 29.2 Å². The molecular formula is C22H22FN3O2. The Morgan fingerprint density at radius 3 is 2.86 bits per heavy atom. The van der Waals surface area contributed by atoms with E-state index in [1.807, 2.05) is 17.0 Å². The minimum atomic E-state index is -0.494. The maximum atomic E-state index is 13.5. The van der Waals surface area contributed by atoms with Crippen LogP contribution < -0.4 is 5.32 Å². The molecular weight excluding hydrogens is 357 g/mol. The van der Waals surface area contributed by atoms with Gasteiger partial charge in [0.25, 0.3) is 5.91 Å². The lowest BCUT2D eigenvalue weighted by Gasteiger charge is -2.41. The van der Waals surface area contributed by atoms with E-state index in [1.165, 1.54) is 17.7 Å². The lowest BCUT2D eigenvalue weighted by atomic mass is 9.87. The first-order valence-corrected chi connectivity index (χ1v) is 9.74. The van der Waals surface area contributed by atoms with Gasteiger partial charge in [-0.15, -0.1) is 0 Å². The Morgan fingerprint density at radius 1 is 1.18 bits per heavy atom. The molecule has 1 saturated heterocycles. The quantitative estimate of drug-likeness (QED) is 0.872. The molecule has 3 aliphatic rings. The van der Waals surface area contributed by atoms with E-state index in [0.717, 1.165) is 17.5 Å². The molecule has 5 nitrogen and oxygen atoms in total. The van der Waals surface area contributed by atoms with Crippen molar-refractivity contribution < 1.29 is 13.9 Å². The highest BCUT2D eigenvalue weighted by Crippen LogP contribution is 2.36. The number of hydrogen-bond acceptors (Lipinski definition) is 4. The van der Waals surface area contributed by atoms with E-state index in [4.69, 9.17) is 4.74 Å². The highest BCUT2D eigenvalue weighted by atomic mass is 19.1. The maximum absolute atomic E-state index is 13.5. The van der Waals surface area contributed by atoms with Crippen molar-refractivity contribution in [2.24, 2.45) is 4.99 Å². The van der Waals surface area contributed by atoms with E-state index < -0.39 is 6.10 Å². The molecule has 6 heteroatoms. The zero-order valence-electron chi connectivity index (χ0n) is 15.4. The Bertz CT molecular complexity index is 914. The van der Waals surface area contributed by atoms with Gasteiger partial charge in [-0.1, -0.05) is 36.4 Å². The summed E-state index contributed by atoms with van der Waals surface area (Å²) in [6, 6.07) is 14.6. The van der Waals surface area contributed by atoms with Crippen LogP contribution in [0.4, 0.5) is 4.39 Å². The van der Waals surface area contributed by atoms with Crippen molar-refractivity contribution in [3.8, 4) is 0 Å². The first-order chi connectivity index (χ1) is 13.7. The molecule has 1 fully saturated rings. The Balaban J connectivity index is 1.47. The molecule has 0 spiro atoms. The van der Waals surface area contributed by atoms with Crippen LogP contribution in [0, 0.1) is 5.82 Å². The van der Waals surface area contributed by atoms with Crippen molar-refractivity contribution >= 4 is 12.2 Å². The molecule has 0 aliphatic carbocycles. The molecule has 144 valence electrons. The summed E-state index contributed by atoms with van der Waals surface area (Å²) in [5.74, 6) is -0.289. The standard InChI is InChI=1S/C22H22FN3O2/c23-16-7-5-15(6-8-16)21-17-4-2-1-3-14(17)9-10-26(21)22(27)20-11-18-19(12-28-20)25-13-24-18/h1-8,13,18-21H,9-12H2,(H,24,25)/t18-,19?,20+,21-/m0/s1. The van der Waals surface area contributed by atoms with Crippen LogP contribution in [-0.2, 0) is 16.0 Å². The number of carbonyl (C=O) groups excluding carboxylic acids is 1. The smallest absolute Gasteiger partial charge is 0.252 e. The summed E-state index contributed by atoms with van der Waals surface area (Å²) in [5, 5.41) is 3.17. The molecule has 1 N–H and O–H groups in total. The van der Waals surface area contributed by atoms with Gasteiger partial charge in [0.05, 0.1) is 31.1 Å². The molecule has 1 unspecified atom stereocenters. The van der Waals surface area contributed by atoms with Gasteiger partial charge in [0.15, 0.2) is 0 Å². The third-order valence-electron chi connectivity index (χ3n) is 5.98. The Morgan fingerprint density at radius 2 is 2.00 bits per heavy atom. The number of nitrogens with zero attached hydrogens (tertiary/aromatic N) is 2. The van der Waals surface area contributed by atoms with Crippen LogP contribution in [0.25, 0.3) is 0 Å². The topological polar surface area (TPSA) is 53.9 Å². The molecule has 0 aromatic heterocycles. The van der Waals surface area contributed by atoms with E-state index in [2.05, 4.69) is 22.4 Å². The molecule has 2 aromatic rings. The van der Waals surface area contributed by atoms with Gasteiger partial charge in [-0.25, -0.2) is 4.39 Å². The lowest BCUT2D eigenvalue weighted by molar-refractivity contribution is -0.149. The van der Waals surface area contributed by atoms with E-state index in [9.17, 15) is 9.18 Å². The van der Waals surface area contributed by atoms with Crippen molar-refractivity contribution in [3.05, 3.63) is 71.0 Å². The summed E-state index contributed by atoms with van der Waals surface area (Å²) in [7, 11) is 0. The van der Waals surface area contributed by atoms with Crippen LogP contribution in [0.3, 0.4) is 0 Å². The number of halogens is 1. The minimum Gasteiger partial charge on any atom is -0.369 e. The van der Waals surface area contributed by atoms with Gasteiger partial charge in [-0.2, -0.15) is 0 Å². The van der Waals surface area contributed by atoms with Crippen molar-refractivity contribution in [1.29, 1.82) is 0 Å². The predicted molar refractivity (Wildman–Crippen MR) is 104 cm³/mol. The molecule has 0 saturated carbocycles. The first-order valence-electron chi connectivity index (χ1n) is 9.74. The van der Waals surface area contributed by atoms with Crippen molar-refractivity contribution in [2.45, 2.75) is 37.1 Å². The highest BCUT2D eigenvalue weighted by Gasteiger charge is 2.41. The number of hydrogen-bond donors (Lipinski definition) is 1. The van der Waals surface area contributed by atoms with Gasteiger partial charge >= 0.3 is 0 Å². The molecule has 0 radical (unpaired) electrons. The number of aliphatic imine (C=N–C) groups is 1. The van der Waals surface area contributed by atoms with Gasteiger partial charge < -0.3 is 15.0 Å². The molecule has 0 bridgehead atoms. The van der Waals surface area contributed by atoms with Crippen molar-refractivity contribution in [2.75, 3.05) is 13.2 Å². The van der Waals surface area contributed by atoms with Crippen molar-refractivity contribution in [1.82, 2.24) is 10.2 Å². The summed E-state index contributed by atoms with van der Waals surface area (Å²) in [6.45, 7) is 1.10. The monoisotopic (exact) mass is 379 g/mol. The number of benzene rings is 2. The zero-order valence-corrected chi connectivity index (χ0v) is 15.4. The van der Waals surface area contributed by atoms with Crippen LogP contribution >= 0.6 is 0 Å². The molecule has 3 heterocycles. The van der Waals surface area contributed by atoms with Crippen molar-refractivity contribution in [3.63, 3.8) is 0 Å². The summed E-state index contributed by atoms with van der Waals surface area (Å²) >= 11 is 0. The largest absolute Gasteiger partial charge is 0.369 e. The highest BCUT2D eigenvalue weighted by molar-refractivity contribution is 5.82. The normalized spacial score (nSPS) is 28.4. The number of carbonyl (C=O) groups is 1. The average Bonchev–Trinajstić information content (AvgIpc) is 3.21. The van der Waals surface area contributed by atoms with Gasteiger partial charge in [0, 0.05) is 13.0 Å². The Labute approximate surface area is 163 Å². The van der Waals surface area contributed by atoms with E-state index >= 15 is 0 Å². The second-order valence-corrected chi connectivity index (χ2v) is 7.61. The SMILES string of the molecule is O=C([C@H]1C[C@@H]2N=CNC2CO1)N1CCc2ccccc2[C@@H]1c1ccc(F)cc1. The average molecular weight is 379 g/mol. The van der Waals surface area contributed by atoms with E-state index in [-0.39, 0.29) is 29.8 Å². The van der Waals surface area contributed by atoms with E-state index in [0.29, 0.717) is 19.6 Å². The van der Waals surface area contributed by atoms with Crippen LogP contribution in [0.15, 0.2) is 53.5 Å². The predicted octanol–water partition coefficient (Wildman–Crippen LogP) is 2.46.